The number of aromatic nitrogens is 2. The van der Waals surface area contributed by atoms with Gasteiger partial charge in [0.25, 0.3) is 10.0 Å². The average Bonchev–Trinajstić information content (AvgIpc) is 3.01. The summed E-state index contributed by atoms with van der Waals surface area (Å²) in [6.07, 6.45) is 3.97. The molecule has 1 N–H and O–H groups in total. The zero-order chi connectivity index (χ0) is 15.0. The Kier molecular flexibility index (Phi) is 3.46. The minimum atomic E-state index is -3.58. The molecule has 112 valence electrons. The van der Waals surface area contributed by atoms with Crippen LogP contribution in [-0.2, 0) is 30.0 Å². The first kappa shape index (κ1) is 14.1. The summed E-state index contributed by atoms with van der Waals surface area (Å²) >= 11 is 0. The molecule has 0 unspecified atom stereocenters. The van der Waals surface area contributed by atoms with E-state index >= 15 is 0 Å². The van der Waals surface area contributed by atoms with Crippen molar-refractivity contribution in [1.29, 1.82) is 0 Å². The molecule has 2 heterocycles. The highest BCUT2D eigenvalue weighted by Gasteiger charge is 2.20. The molecule has 0 saturated carbocycles. The maximum atomic E-state index is 12.1. The summed E-state index contributed by atoms with van der Waals surface area (Å²) in [6.45, 7) is 2.25. The topological polar surface area (TPSA) is 73.2 Å². The molecule has 6 nitrogen and oxygen atoms in total. The number of benzene rings is 1. The van der Waals surface area contributed by atoms with Gasteiger partial charge in [-0.1, -0.05) is 12.1 Å². The highest BCUT2D eigenvalue weighted by molar-refractivity contribution is 7.89. The van der Waals surface area contributed by atoms with Crippen molar-refractivity contribution in [2.75, 3.05) is 0 Å². The van der Waals surface area contributed by atoms with E-state index < -0.39 is 10.0 Å². The van der Waals surface area contributed by atoms with Crippen LogP contribution >= 0.6 is 0 Å². The molecule has 3 rings (SSSR count). The molecule has 0 spiro atoms. The molecule has 0 amide bonds. The van der Waals surface area contributed by atoms with Crippen molar-refractivity contribution < 1.29 is 13.2 Å². The molecule has 7 heteroatoms. The molecule has 0 aliphatic carbocycles. The number of aryl methyl sites for hydroxylation is 1. The SMILES string of the molecule is C[C@@H]1Cc2cc(CNS(=O)(=O)c3cn(C)cn3)ccc2O1. The molecule has 1 atom stereocenters. The van der Waals surface area contributed by atoms with Crippen LogP contribution in [0.1, 0.15) is 18.1 Å². The number of nitrogens with one attached hydrogen (secondary N) is 1. The van der Waals surface area contributed by atoms with Gasteiger partial charge in [0, 0.05) is 26.2 Å². The fourth-order valence-electron chi connectivity index (χ4n) is 2.37. The van der Waals surface area contributed by atoms with Gasteiger partial charge in [0.15, 0.2) is 5.03 Å². The Morgan fingerprint density at radius 3 is 3.00 bits per heavy atom. The molecular weight excluding hydrogens is 290 g/mol. The predicted octanol–water partition coefficient (Wildman–Crippen LogP) is 1.22. The van der Waals surface area contributed by atoms with Crippen molar-refractivity contribution in [2.45, 2.75) is 31.0 Å². The van der Waals surface area contributed by atoms with Crippen molar-refractivity contribution in [3.63, 3.8) is 0 Å². The number of ether oxygens (including phenoxy) is 1. The van der Waals surface area contributed by atoms with E-state index in [1.165, 1.54) is 12.5 Å². The van der Waals surface area contributed by atoms with E-state index in [9.17, 15) is 8.42 Å². The number of hydrogen-bond donors (Lipinski definition) is 1. The Bertz CT molecular complexity index is 768. The molecule has 1 aromatic carbocycles. The largest absolute Gasteiger partial charge is 0.490 e. The van der Waals surface area contributed by atoms with Crippen LogP contribution in [0.25, 0.3) is 0 Å². The fourth-order valence-corrected chi connectivity index (χ4v) is 3.36. The van der Waals surface area contributed by atoms with Crippen LogP contribution in [0.5, 0.6) is 5.75 Å². The van der Waals surface area contributed by atoms with E-state index in [4.69, 9.17) is 4.74 Å². The zero-order valence-corrected chi connectivity index (χ0v) is 12.7. The van der Waals surface area contributed by atoms with Crippen LogP contribution in [0.2, 0.25) is 0 Å². The minimum Gasteiger partial charge on any atom is -0.490 e. The van der Waals surface area contributed by atoms with Gasteiger partial charge in [-0.25, -0.2) is 18.1 Å². The molecule has 0 radical (unpaired) electrons. The lowest BCUT2D eigenvalue weighted by Gasteiger charge is -2.06. The van der Waals surface area contributed by atoms with Crippen LogP contribution in [0, 0.1) is 0 Å². The predicted molar refractivity (Wildman–Crippen MR) is 77.5 cm³/mol. The Hall–Kier alpha value is -1.86. The third-order valence-electron chi connectivity index (χ3n) is 3.38. The van der Waals surface area contributed by atoms with E-state index in [1.807, 2.05) is 25.1 Å². The summed E-state index contributed by atoms with van der Waals surface area (Å²) in [5.74, 6) is 0.888. The van der Waals surface area contributed by atoms with E-state index in [1.54, 1.807) is 11.6 Å². The summed E-state index contributed by atoms with van der Waals surface area (Å²) in [6, 6.07) is 5.75. The minimum absolute atomic E-state index is 0.0307. The lowest BCUT2D eigenvalue weighted by Crippen LogP contribution is -2.23. The second-order valence-corrected chi connectivity index (χ2v) is 6.99. The van der Waals surface area contributed by atoms with E-state index in [-0.39, 0.29) is 17.7 Å². The Labute approximate surface area is 123 Å². The van der Waals surface area contributed by atoms with Gasteiger partial charge in [-0.15, -0.1) is 0 Å². The van der Waals surface area contributed by atoms with Crippen LogP contribution in [0.15, 0.2) is 35.7 Å². The first-order valence-corrected chi connectivity index (χ1v) is 8.18. The van der Waals surface area contributed by atoms with Gasteiger partial charge in [-0.2, -0.15) is 0 Å². The molecule has 2 aromatic rings. The van der Waals surface area contributed by atoms with Crippen LogP contribution in [0.3, 0.4) is 0 Å². The molecule has 21 heavy (non-hydrogen) atoms. The van der Waals surface area contributed by atoms with Crippen molar-refractivity contribution in [1.82, 2.24) is 14.3 Å². The second-order valence-electron chi connectivity index (χ2n) is 5.28. The van der Waals surface area contributed by atoms with Crippen molar-refractivity contribution in [3.05, 3.63) is 41.9 Å². The fraction of sp³-hybridized carbons (Fsp3) is 0.357. The maximum Gasteiger partial charge on any atom is 0.259 e. The molecule has 0 fully saturated rings. The summed E-state index contributed by atoms with van der Waals surface area (Å²) in [4.78, 5) is 3.86. The summed E-state index contributed by atoms with van der Waals surface area (Å²) in [7, 11) is -1.85. The van der Waals surface area contributed by atoms with Gasteiger partial charge in [0.1, 0.15) is 11.9 Å². The van der Waals surface area contributed by atoms with Gasteiger partial charge in [0.2, 0.25) is 0 Å². The monoisotopic (exact) mass is 307 g/mol. The maximum absolute atomic E-state index is 12.1. The second kappa shape index (κ2) is 5.16. The number of nitrogens with zero attached hydrogens (tertiary/aromatic N) is 2. The van der Waals surface area contributed by atoms with E-state index in [0.29, 0.717) is 0 Å². The van der Waals surface area contributed by atoms with Gasteiger partial charge in [-0.05, 0) is 24.1 Å². The summed E-state index contributed by atoms with van der Waals surface area (Å²) < 4.78 is 34.0. The quantitative estimate of drug-likeness (QED) is 0.922. The molecule has 1 aliphatic rings. The Morgan fingerprint density at radius 2 is 2.29 bits per heavy atom. The summed E-state index contributed by atoms with van der Waals surface area (Å²) in [5.41, 5.74) is 2.03. The standard InChI is InChI=1S/C14H17N3O3S/c1-10-5-12-6-11(3-4-13(12)20-10)7-16-21(18,19)14-8-17(2)9-15-14/h3-4,6,8-10,16H,5,7H2,1-2H3/t10-/m1/s1. The van der Waals surface area contributed by atoms with Gasteiger partial charge in [-0.3, -0.25) is 0 Å². The average molecular weight is 307 g/mol. The van der Waals surface area contributed by atoms with Crippen molar-refractivity contribution in [3.8, 4) is 5.75 Å². The first-order valence-electron chi connectivity index (χ1n) is 6.70. The van der Waals surface area contributed by atoms with Crippen molar-refractivity contribution >= 4 is 10.0 Å². The zero-order valence-electron chi connectivity index (χ0n) is 11.9. The highest BCUT2D eigenvalue weighted by Crippen LogP contribution is 2.29. The Morgan fingerprint density at radius 1 is 1.48 bits per heavy atom. The molecule has 1 aliphatic heterocycles. The number of imidazole rings is 1. The van der Waals surface area contributed by atoms with E-state index in [0.717, 1.165) is 23.3 Å². The molecular formula is C14H17N3O3S. The normalized spacial score (nSPS) is 17.5. The molecule has 0 saturated heterocycles. The van der Waals surface area contributed by atoms with Crippen LogP contribution in [0.4, 0.5) is 0 Å². The lowest BCUT2D eigenvalue weighted by atomic mass is 10.1. The molecule has 0 bridgehead atoms. The van der Waals surface area contributed by atoms with Crippen LogP contribution in [-0.4, -0.2) is 24.1 Å². The van der Waals surface area contributed by atoms with Gasteiger partial charge in [0.05, 0.1) is 6.33 Å². The van der Waals surface area contributed by atoms with Crippen LogP contribution < -0.4 is 9.46 Å². The number of sulfonamides is 1. The number of fused-ring (bicyclic) bond motifs is 1. The Balaban J connectivity index is 1.72. The third kappa shape index (κ3) is 2.93. The van der Waals surface area contributed by atoms with Gasteiger partial charge >= 0.3 is 0 Å². The first-order chi connectivity index (χ1) is 9.94. The van der Waals surface area contributed by atoms with Crippen molar-refractivity contribution in [2.24, 2.45) is 7.05 Å². The summed E-state index contributed by atoms with van der Waals surface area (Å²) in [5, 5.41) is 0.0307. The number of rotatable bonds is 4. The highest BCUT2D eigenvalue weighted by atomic mass is 32.2. The van der Waals surface area contributed by atoms with Gasteiger partial charge < -0.3 is 9.30 Å². The van der Waals surface area contributed by atoms with E-state index in [2.05, 4.69) is 9.71 Å². The number of hydrogen-bond acceptors (Lipinski definition) is 4. The smallest absolute Gasteiger partial charge is 0.259 e. The third-order valence-corrected chi connectivity index (χ3v) is 4.67. The molecule has 1 aromatic heterocycles. The lowest BCUT2D eigenvalue weighted by molar-refractivity contribution is 0.254.